The number of rotatable bonds is 7. The minimum Gasteiger partial charge on any atom is -0.305 e. The lowest BCUT2D eigenvalue weighted by Crippen LogP contribution is -2.51. The summed E-state index contributed by atoms with van der Waals surface area (Å²) in [6.45, 7) is 5.54. The zero-order valence-corrected chi connectivity index (χ0v) is 22.0. The van der Waals surface area contributed by atoms with Gasteiger partial charge in [0.25, 0.3) is 11.1 Å². The van der Waals surface area contributed by atoms with Gasteiger partial charge in [0.1, 0.15) is 0 Å². The van der Waals surface area contributed by atoms with Crippen molar-refractivity contribution in [1.82, 2.24) is 9.13 Å². The van der Waals surface area contributed by atoms with Crippen LogP contribution in [0, 0.1) is 29.1 Å². The van der Waals surface area contributed by atoms with E-state index in [1.807, 2.05) is 59.2 Å². The first-order valence-electron chi connectivity index (χ1n) is 14.0. The van der Waals surface area contributed by atoms with Crippen LogP contribution in [0.1, 0.15) is 58.8 Å². The third-order valence-electron chi connectivity index (χ3n) is 9.02. The summed E-state index contributed by atoms with van der Waals surface area (Å²) in [5.41, 5.74) is 4.92. The summed E-state index contributed by atoms with van der Waals surface area (Å²) in [6.07, 6.45) is 8.53. The number of para-hydroxylation sites is 3. The number of aromatic nitrogens is 2. The summed E-state index contributed by atoms with van der Waals surface area (Å²) in [5.74, 6) is 2.81. The molecule has 0 atom stereocenters. The summed E-state index contributed by atoms with van der Waals surface area (Å²) in [7, 11) is 0. The van der Waals surface area contributed by atoms with Crippen LogP contribution in [-0.2, 0) is 13.1 Å². The standard InChI is InChI=1S/C31H38N4O2/c1-21(2)12-13-34-26-10-6-7-11-27(26)35(20-31-17-22-14-23(18-31)16-24(15-22)19-31)30(37)28(29(34)36)33-32-25-8-4-3-5-9-25/h3-11,21-24,32H,12-20H2,1-2H3/b33-28+. The van der Waals surface area contributed by atoms with Gasteiger partial charge in [-0.1, -0.05) is 44.2 Å². The topological polar surface area (TPSA) is 68.4 Å². The average Bonchev–Trinajstić information content (AvgIpc) is 2.94. The van der Waals surface area contributed by atoms with Crippen LogP contribution in [0.4, 0.5) is 5.69 Å². The van der Waals surface area contributed by atoms with Gasteiger partial charge in [-0.3, -0.25) is 15.0 Å². The number of hydrogen-bond acceptors (Lipinski definition) is 4. The predicted octanol–water partition coefficient (Wildman–Crippen LogP) is 5.35. The quantitative estimate of drug-likeness (QED) is 0.446. The van der Waals surface area contributed by atoms with Crippen molar-refractivity contribution >= 4 is 16.7 Å². The fourth-order valence-electron chi connectivity index (χ4n) is 7.80. The third-order valence-corrected chi connectivity index (χ3v) is 9.02. The number of nitrogens with zero attached hydrogens (tertiary/aromatic N) is 3. The Morgan fingerprint density at radius 1 is 0.838 bits per heavy atom. The van der Waals surface area contributed by atoms with Crippen molar-refractivity contribution in [1.29, 1.82) is 0 Å². The Morgan fingerprint density at radius 3 is 1.97 bits per heavy atom. The van der Waals surface area contributed by atoms with Gasteiger partial charge < -0.3 is 9.13 Å². The molecule has 0 aliphatic heterocycles. The molecular weight excluding hydrogens is 460 g/mol. The minimum atomic E-state index is -0.324. The third kappa shape index (κ3) is 4.67. The van der Waals surface area contributed by atoms with Crippen molar-refractivity contribution in [2.75, 3.05) is 5.43 Å². The summed E-state index contributed by atoms with van der Waals surface area (Å²) >= 11 is 0. The van der Waals surface area contributed by atoms with Crippen molar-refractivity contribution in [3.05, 3.63) is 80.7 Å². The molecule has 1 heterocycles. The van der Waals surface area contributed by atoms with Gasteiger partial charge in [0.2, 0.25) is 5.36 Å². The highest BCUT2D eigenvalue weighted by Crippen LogP contribution is 2.60. The molecule has 4 bridgehead atoms. The van der Waals surface area contributed by atoms with Gasteiger partial charge in [0.05, 0.1) is 16.7 Å². The van der Waals surface area contributed by atoms with Crippen molar-refractivity contribution in [2.24, 2.45) is 34.2 Å². The molecule has 4 fully saturated rings. The number of nitrogens with one attached hydrogen (secondary N) is 1. The van der Waals surface area contributed by atoms with E-state index < -0.39 is 0 Å². The van der Waals surface area contributed by atoms with E-state index in [9.17, 15) is 9.59 Å². The second kappa shape index (κ2) is 9.62. The first-order chi connectivity index (χ1) is 17.9. The first-order valence-corrected chi connectivity index (χ1v) is 14.0. The van der Waals surface area contributed by atoms with E-state index in [1.54, 1.807) is 4.57 Å². The lowest BCUT2D eigenvalue weighted by Gasteiger charge is -2.57. The minimum absolute atomic E-state index is 0.0338. The molecule has 0 unspecified atom stereocenters. The van der Waals surface area contributed by atoms with E-state index in [-0.39, 0.29) is 21.9 Å². The molecule has 0 spiro atoms. The Kier molecular flexibility index (Phi) is 6.29. The molecule has 7 rings (SSSR count). The lowest BCUT2D eigenvalue weighted by molar-refractivity contribution is -0.0617. The Morgan fingerprint density at radius 2 is 1.38 bits per heavy atom. The molecule has 0 radical (unpaired) electrons. The van der Waals surface area contributed by atoms with Gasteiger partial charge in [0.15, 0.2) is 0 Å². The van der Waals surface area contributed by atoms with E-state index in [1.165, 1.54) is 38.5 Å². The van der Waals surface area contributed by atoms with Crippen molar-refractivity contribution < 1.29 is 0 Å². The first kappa shape index (κ1) is 24.2. The average molecular weight is 499 g/mol. The molecule has 6 nitrogen and oxygen atoms in total. The SMILES string of the molecule is CC(C)CCn1c(=O)/c(=N\Nc2ccccc2)c(=O)n(CC23CC4CC(CC(C4)C2)C3)c2ccccc21. The van der Waals surface area contributed by atoms with E-state index >= 15 is 0 Å². The van der Waals surface area contributed by atoms with Crippen LogP contribution in [-0.4, -0.2) is 9.13 Å². The maximum atomic E-state index is 14.3. The molecule has 1 aromatic heterocycles. The van der Waals surface area contributed by atoms with Crippen molar-refractivity contribution in [3.63, 3.8) is 0 Å². The molecule has 0 saturated heterocycles. The Bertz CT molecular complexity index is 1450. The monoisotopic (exact) mass is 498 g/mol. The molecule has 194 valence electrons. The van der Waals surface area contributed by atoms with Crippen LogP contribution in [0.25, 0.3) is 11.0 Å². The summed E-state index contributed by atoms with van der Waals surface area (Å²) < 4.78 is 3.68. The van der Waals surface area contributed by atoms with Gasteiger partial charge in [0, 0.05) is 13.1 Å². The summed E-state index contributed by atoms with van der Waals surface area (Å²) in [6, 6.07) is 17.4. The molecule has 0 amide bonds. The van der Waals surface area contributed by atoms with Crippen LogP contribution in [0.15, 0.2) is 69.3 Å². The maximum absolute atomic E-state index is 14.3. The highest BCUT2D eigenvalue weighted by molar-refractivity contribution is 5.74. The van der Waals surface area contributed by atoms with Gasteiger partial charge in [-0.25, -0.2) is 0 Å². The summed E-state index contributed by atoms with van der Waals surface area (Å²) in [4.78, 5) is 28.2. The van der Waals surface area contributed by atoms with Crippen molar-refractivity contribution in [2.45, 2.75) is 71.9 Å². The van der Waals surface area contributed by atoms with Gasteiger partial charge in [-0.15, -0.1) is 0 Å². The Labute approximate surface area is 218 Å². The molecule has 4 saturated carbocycles. The zero-order valence-electron chi connectivity index (χ0n) is 22.0. The Balaban J connectivity index is 1.56. The van der Waals surface area contributed by atoms with E-state index in [2.05, 4.69) is 24.4 Å². The fraction of sp³-hybridized carbons (Fsp3) is 0.516. The predicted molar refractivity (Wildman–Crippen MR) is 148 cm³/mol. The molecule has 4 aliphatic carbocycles. The second-order valence-electron chi connectivity index (χ2n) is 12.4. The van der Waals surface area contributed by atoms with Gasteiger partial charge >= 0.3 is 0 Å². The van der Waals surface area contributed by atoms with Crippen LogP contribution in [0.5, 0.6) is 0 Å². The zero-order chi connectivity index (χ0) is 25.6. The molecule has 6 heteroatoms. The summed E-state index contributed by atoms with van der Waals surface area (Å²) in [5, 5.41) is 4.43. The number of aryl methyl sites for hydroxylation is 1. The smallest absolute Gasteiger partial charge is 0.284 e. The Hall–Kier alpha value is -3.15. The van der Waals surface area contributed by atoms with Gasteiger partial charge in [-0.2, -0.15) is 5.10 Å². The van der Waals surface area contributed by atoms with Gasteiger partial charge in [-0.05, 0) is 98.3 Å². The molecule has 3 aromatic rings. The number of fused-ring (bicyclic) bond motifs is 1. The van der Waals surface area contributed by atoms with Crippen LogP contribution in [0.2, 0.25) is 0 Å². The van der Waals surface area contributed by atoms with Crippen LogP contribution >= 0.6 is 0 Å². The number of anilines is 1. The molecular formula is C31H38N4O2. The van der Waals surface area contributed by atoms with E-state index in [0.29, 0.717) is 19.0 Å². The number of hydrogen-bond donors (Lipinski definition) is 1. The van der Waals surface area contributed by atoms with E-state index in [4.69, 9.17) is 0 Å². The number of benzene rings is 2. The fourth-order valence-corrected chi connectivity index (χ4v) is 7.80. The molecule has 1 N–H and O–H groups in total. The lowest BCUT2D eigenvalue weighted by atomic mass is 9.49. The van der Waals surface area contributed by atoms with E-state index in [0.717, 1.165) is 40.9 Å². The second-order valence-corrected chi connectivity index (χ2v) is 12.4. The molecule has 4 aliphatic rings. The molecule has 37 heavy (non-hydrogen) atoms. The van der Waals surface area contributed by atoms with Crippen molar-refractivity contribution in [3.8, 4) is 0 Å². The normalized spacial score (nSPS) is 26.8. The molecule has 2 aromatic carbocycles. The maximum Gasteiger partial charge on any atom is 0.284 e. The van der Waals surface area contributed by atoms with Crippen LogP contribution in [0.3, 0.4) is 0 Å². The highest BCUT2D eigenvalue weighted by atomic mass is 16.1. The largest absolute Gasteiger partial charge is 0.305 e. The van der Waals surface area contributed by atoms with Crippen LogP contribution < -0.4 is 21.9 Å². The highest BCUT2D eigenvalue weighted by Gasteiger charge is 2.51.